The Labute approximate surface area is 139 Å². The molecule has 0 saturated heterocycles. The molecule has 7 heteroatoms. The van der Waals surface area contributed by atoms with Gasteiger partial charge in [-0.2, -0.15) is 5.10 Å². The molecule has 1 aliphatic heterocycles. The molecule has 0 fully saturated rings. The predicted molar refractivity (Wildman–Crippen MR) is 91.7 cm³/mol. The lowest BCUT2D eigenvalue weighted by molar-refractivity contribution is -0.116. The summed E-state index contributed by atoms with van der Waals surface area (Å²) in [6.45, 7) is 2.09. The first-order valence-corrected chi connectivity index (χ1v) is 7.94. The monoisotopic (exact) mass is 322 g/mol. The summed E-state index contributed by atoms with van der Waals surface area (Å²) in [6, 6.07) is 6.23. The Hall–Kier alpha value is -2.96. The molecular weight excluding hydrogens is 304 g/mol. The number of carbonyl (C=O) groups is 1. The van der Waals surface area contributed by atoms with Crippen LogP contribution in [-0.2, 0) is 18.3 Å². The number of rotatable bonds is 3. The number of benzene rings is 1. The van der Waals surface area contributed by atoms with Crippen molar-refractivity contribution >= 4 is 28.4 Å². The maximum absolute atomic E-state index is 11.5. The Morgan fingerprint density at radius 2 is 2.17 bits per heavy atom. The maximum Gasteiger partial charge on any atom is 0.224 e. The summed E-state index contributed by atoms with van der Waals surface area (Å²) >= 11 is 0. The molecule has 122 valence electrons. The van der Waals surface area contributed by atoms with Gasteiger partial charge in [0.25, 0.3) is 0 Å². The summed E-state index contributed by atoms with van der Waals surface area (Å²) in [4.78, 5) is 20.1. The Morgan fingerprint density at radius 1 is 1.29 bits per heavy atom. The second-order valence-electron chi connectivity index (χ2n) is 6.06. The molecule has 0 saturated carbocycles. The van der Waals surface area contributed by atoms with Gasteiger partial charge in [-0.1, -0.05) is 12.1 Å². The van der Waals surface area contributed by atoms with Gasteiger partial charge < -0.3 is 10.6 Å². The van der Waals surface area contributed by atoms with Crippen molar-refractivity contribution in [3.63, 3.8) is 0 Å². The van der Waals surface area contributed by atoms with Gasteiger partial charge in [0.05, 0.1) is 11.6 Å². The van der Waals surface area contributed by atoms with Gasteiger partial charge in [0.1, 0.15) is 12.1 Å². The molecule has 1 atom stereocenters. The van der Waals surface area contributed by atoms with Crippen molar-refractivity contribution < 1.29 is 4.79 Å². The van der Waals surface area contributed by atoms with Crippen molar-refractivity contribution in [1.82, 2.24) is 19.7 Å². The average Bonchev–Trinajstić information content (AvgIpc) is 2.97. The van der Waals surface area contributed by atoms with E-state index in [0.29, 0.717) is 6.42 Å². The fourth-order valence-electron chi connectivity index (χ4n) is 3.04. The number of carbonyl (C=O) groups excluding carboxylic acids is 1. The molecule has 7 nitrogen and oxygen atoms in total. The first kappa shape index (κ1) is 14.6. The van der Waals surface area contributed by atoms with E-state index in [9.17, 15) is 4.79 Å². The van der Waals surface area contributed by atoms with E-state index in [1.165, 1.54) is 5.56 Å². The Balaban J connectivity index is 1.62. The lowest BCUT2D eigenvalue weighted by Gasteiger charge is -2.20. The molecule has 24 heavy (non-hydrogen) atoms. The number of aryl methyl sites for hydroxylation is 2. The number of nitrogens with one attached hydrogen (secondary N) is 2. The molecule has 3 aromatic rings. The number of anilines is 2. The molecule has 1 unspecified atom stereocenters. The van der Waals surface area contributed by atoms with Gasteiger partial charge in [-0.25, -0.2) is 9.97 Å². The third kappa shape index (κ3) is 2.47. The molecule has 4 rings (SSSR count). The number of hydrogen-bond acceptors (Lipinski definition) is 5. The zero-order chi connectivity index (χ0) is 16.7. The molecule has 0 radical (unpaired) electrons. The summed E-state index contributed by atoms with van der Waals surface area (Å²) in [7, 11) is 1.86. The van der Waals surface area contributed by atoms with Gasteiger partial charge in [0.2, 0.25) is 5.91 Å². The number of nitrogens with zero attached hydrogens (tertiary/aromatic N) is 4. The number of hydrogen-bond donors (Lipinski definition) is 2. The Kier molecular flexibility index (Phi) is 3.41. The molecule has 0 bridgehead atoms. The van der Waals surface area contributed by atoms with E-state index in [-0.39, 0.29) is 11.9 Å². The van der Waals surface area contributed by atoms with Crippen LogP contribution in [0.2, 0.25) is 0 Å². The summed E-state index contributed by atoms with van der Waals surface area (Å²) in [6.07, 6.45) is 4.64. The molecule has 3 heterocycles. The van der Waals surface area contributed by atoms with Gasteiger partial charge in [0.15, 0.2) is 5.65 Å². The van der Waals surface area contributed by atoms with Crippen LogP contribution in [0.4, 0.5) is 11.5 Å². The van der Waals surface area contributed by atoms with Crippen molar-refractivity contribution in [3.8, 4) is 0 Å². The van der Waals surface area contributed by atoms with Crippen LogP contribution in [0, 0.1) is 0 Å². The Morgan fingerprint density at radius 3 is 3.04 bits per heavy atom. The maximum atomic E-state index is 11.5. The van der Waals surface area contributed by atoms with Gasteiger partial charge in [-0.15, -0.1) is 0 Å². The molecule has 2 N–H and O–H groups in total. The third-order valence-corrected chi connectivity index (χ3v) is 4.41. The molecule has 0 spiro atoms. The van der Waals surface area contributed by atoms with Crippen LogP contribution in [0.25, 0.3) is 11.0 Å². The van der Waals surface area contributed by atoms with Crippen LogP contribution in [0.5, 0.6) is 0 Å². The largest absolute Gasteiger partial charge is 0.363 e. The van der Waals surface area contributed by atoms with E-state index in [1.807, 2.05) is 19.2 Å². The zero-order valence-corrected chi connectivity index (χ0v) is 13.6. The minimum atomic E-state index is 0.0752. The first-order valence-electron chi connectivity index (χ1n) is 7.94. The molecule has 0 aliphatic carbocycles. The number of fused-ring (bicyclic) bond motifs is 2. The van der Waals surface area contributed by atoms with E-state index in [1.54, 1.807) is 17.2 Å². The normalized spacial score (nSPS) is 15.0. The minimum absolute atomic E-state index is 0.0752. The van der Waals surface area contributed by atoms with Gasteiger partial charge in [-0.05, 0) is 30.5 Å². The standard InChI is InChI=1S/C17H18N6O/c1-10(11-3-5-14-12(7-11)4-6-15(24)22-14)21-16-13-8-20-23(2)17(13)19-9-18-16/h3,5,7-10H,4,6H2,1-2H3,(H,22,24)(H,18,19,21). The van der Waals surface area contributed by atoms with Crippen LogP contribution < -0.4 is 10.6 Å². The predicted octanol–water partition coefficient (Wildman–Crippen LogP) is 2.42. The minimum Gasteiger partial charge on any atom is -0.363 e. The van der Waals surface area contributed by atoms with Crippen molar-refractivity contribution in [1.29, 1.82) is 0 Å². The average molecular weight is 322 g/mol. The summed E-state index contributed by atoms with van der Waals surface area (Å²) in [5, 5.41) is 11.5. The zero-order valence-electron chi connectivity index (χ0n) is 13.6. The molecular formula is C17H18N6O. The lowest BCUT2D eigenvalue weighted by Crippen LogP contribution is -2.19. The van der Waals surface area contributed by atoms with Gasteiger partial charge >= 0.3 is 0 Å². The van der Waals surface area contributed by atoms with Crippen molar-refractivity contribution in [3.05, 3.63) is 41.9 Å². The van der Waals surface area contributed by atoms with E-state index < -0.39 is 0 Å². The summed E-state index contributed by atoms with van der Waals surface area (Å²) in [5.74, 6) is 0.855. The van der Waals surface area contributed by atoms with Crippen LogP contribution >= 0.6 is 0 Å². The van der Waals surface area contributed by atoms with Crippen LogP contribution in [0.1, 0.15) is 30.5 Å². The van der Waals surface area contributed by atoms with Gasteiger partial charge in [0, 0.05) is 25.2 Å². The number of amides is 1. The lowest BCUT2D eigenvalue weighted by atomic mass is 9.98. The highest BCUT2D eigenvalue weighted by atomic mass is 16.1. The fraction of sp³-hybridized carbons (Fsp3) is 0.294. The second kappa shape index (κ2) is 5.59. The smallest absolute Gasteiger partial charge is 0.224 e. The highest BCUT2D eigenvalue weighted by Gasteiger charge is 2.17. The summed E-state index contributed by atoms with van der Waals surface area (Å²) in [5.41, 5.74) is 4.04. The topological polar surface area (TPSA) is 84.7 Å². The highest BCUT2D eigenvalue weighted by Crippen LogP contribution is 2.28. The molecule has 2 aromatic heterocycles. The van der Waals surface area contributed by atoms with Crippen molar-refractivity contribution in [2.75, 3.05) is 10.6 Å². The van der Waals surface area contributed by atoms with Crippen LogP contribution in [0.15, 0.2) is 30.7 Å². The fourth-order valence-corrected chi connectivity index (χ4v) is 3.04. The number of aromatic nitrogens is 4. The summed E-state index contributed by atoms with van der Waals surface area (Å²) < 4.78 is 1.73. The van der Waals surface area contributed by atoms with E-state index in [4.69, 9.17) is 0 Å². The molecule has 1 amide bonds. The van der Waals surface area contributed by atoms with Crippen molar-refractivity contribution in [2.45, 2.75) is 25.8 Å². The van der Waals surface area contributed by atoms with Crippen LogP contribution in [-0.4, -0.2) is 25.7 Å². The highest BCUT2D eigenvalue weighted by molar-refractivity contribution is 5.94. The molecule has 1 aliphatic rings. The SMILES string of the molecule is CC(Nc1ncnc2c1cnn2C)c1ccc2c(c1)CCC(=O)N2. The Bertz CT molecular complexity index is 932. The van der Waals surface area contributed by atoms with E-state index >= 15 is 0 Å². The molecule has 1 aromatic carbocycles. The van der Waals surface area contributed by atoms with Crippen LogP contribution in [0.3, 0.4) is 0 Å². The first-order chi connectivity index (χ1) is 11.6. The van der Waals surface area contributed by atoms with Gasteiger partial charge in [-0.3, -0.25) is 9.48 Å². The van der Waals surface area contributed by atoms with E-state index in [0.717, 1.165) is 34.5 Å². The van der Waals surface area contributed by atoms with Crippen molar-refractivity contribution in [2.24, 2.45) is 7.05 Å². The quantitative estimate of drug-likeness (QED) is 0.773. The van der Waals surface area contributed by atoms with E-state index in [2.05, 4.69) is 38.7 Å². The third-order valence-electron chi connectivity index (χ3n) is 4.41. The second-order valence-corrected chi connectivity index (χ2v) is 6.06.